The minimum absolute atomic E-state index is 1.64. The number of hydrogen-bond acceptors (Lipinski definition) is 2. The van der Waals surface area contributed by atoms with Crippen molar-refractivity contribution in [3.8, 4) is 0 Å². The maximum atomic E-state index is 3.58. The van der Waals surface area contributed by atoms with Gasteiger partial charge in [0.1, 0.15) is 0 Å². The predicted molar refractivity (Wildman–Crippen MR) is 24.5 cm³/mol. The van der Waals surface area contributed by atoms with Crippen molar-refractivity contribution in [3.05, 3.63) is 0 Å². The summed E-state index contributed by atoms with van der Waals surface area (Å²) >= 11 is 0. The summed E-state index contributed by atoms with van der Waals surface area (Å²) < 4.78 is 0. The minimum atomic E-state index is 1.64. The van der Waals surface area contributed by atoms with Crippen LogP contribution in [0.25, 0.3) is 0 Å². The zero-order chi connectivity index (χ0) is 4.99. The molecule has 0 amide bonds. The summed E-state index contributed by atoms with van der Waals surface area (Å²) in [5.41, 5.74) is 0. The molecule has 0 spiro atoms. The Morgan fingerprint density at radius 2 is 1.83 bits per heavy atom. The Balaban J connectivity index is 3.03. The molecule has 0 aromatic rings. The van der Waals surface area contributed by atoms with E-state index in [1.165, 1.54) is 0 Å². The monoisotopic (exact) mass is 87.1 g/mol. The fraction of sp³-hybridized carbons (Fsp3) is 1.00. The average Bonchev–Trinajstić information content (AvgIpc) is 1.35. The number of rotatable bonds is 1. The van der Waals surface area contributed by atoms with Gasteiger partial charge < -0.3 is 0 Å². The second-order valence-corrected chi connectivity index (χ2v) is 1.14. The standard InChI is InChI=1S/C3H9N3/c1-4-5-6(2)3/h1-3H3. The van der Waals surface area contributed by atoms with E-state index in [0.717, 1.165) is 0 Å². The average molecular weight is 87.1 g/mol. The van der Waals surface area contributed by atoms with Gasteiger partial charge in [0.05, 0.1) is 7.05 Å². The summed E-state index contributed by atoms with van der Waals surface area (Å²) in [4.78, 5) is 0. The molecule has 0 aromatic heterocycles. The second kappa shape index (κ2) is 2.63. The van der Waals surface area contributed by atoms with Gasteiger partial charge in [-0.15, -0.1) is 0 Å². The summed E-state index contributed by atoms with van der Waals surface area (Å²) in [6.07, 6.45) is 0. The molecule has 0 aliphatic carbocycles. The summed E-state index contributed by atoms with van der Waals surface area (Å²) in [6, 6.07) is 0. The van der Waals surface area contributed by atoms with Crippen LogP contribution in [0.5, 0.6) is 0 Å². The first-order chi connectivity index (χ1) is 2.77. The fourth-order valence-electron chi connectivity index (χ4n) is 0.179. The molecule has 0 fully saturated rings. The Hall–Kier alpha value is -0.600. The first-order valence-corrected chi connectivity index (χ1v) is 1.74. The van der Waals surface area contributed by atoms with Crippen molar-refractivity contribution < 1.29 is 0 Å². The Kier molecular flexibility index (Phi) is 2.36. The van der Waals surface area contributed by atoms with Gasteiger partial charge in [0.25, 0.3) is 0 Å². The topological polar surface area (TPSA) is 28.0 Å². The summed E-state index contributed by atoms with van der Waals surface area (Å²) in [6.45, 7) is 0. The molecule has 6 heavy (non-hydrogen) atoms. The summed E-state index contributed by atoms with van der Waals surface area (Å²) in [5.74, 6) is 0. The van der Waals surface area contributed by atoms with Crippen LogP contribution in [0.15, 0.2) is 10.3 Å². The van der Waals surface area contributed by atoms with Crippen LogP contribution >= 0.6 is 0 Å². The number of nitrogens with zero attached hydrogens (tertiary/aromatic N) is 3. The van der Waals surface area contributed by atoms with Gasteiger partial charge in [0.2, 0.25) is 0 Å². The molecule has 0 aliphatic heterocycles. The number of hydrogen-bond donors (Lipinski definition) is 0. The Labute approximate surface area is 37.6 Å². The van der Waals surface area contributed by atoms with Crippen LogP contribution in [-0.2, 0) is 0 Å². The third kappa shape index (κ3) is 3.40. The van der Waals surface area contributed by atoms with Gasteiger partial charge in [-0.05, 0) is 0 Å². The second-order valence-electron chi connectivity index (χ2n) is 1.14. The zero-order valence-corrected chi connectivity index (χ0v) is 4.34. The molecule has 0 aromatic carbocycles. The molecule has 0 aliphatic rings. The van der Waals surface area contributed by atoms with E-state index in [-0.39, 0.29) is 0 Å². The van der Waals surface area contributed by atoms with Crippen molar-refractivity contribution in [2.45, 2.75) is 0 Å². The van der Waals surface area contributed by atoms with Gasteiger partial charge >= 0.3 is 0 Å². The van der Waals surface area contributed by atoms with Crippen LogP contribution in [0.2, 0.25) is 0 Å². The lowest BCUT2D eigenvalue weighted by molar-refractivity contribution is 0.404. The van der Waals surface area contributed by atoms with Crippen molar-refractivity contribution >= 4 is 0 Å². The van der Waals surface area contributed by atoms with E-state index in [9.17, 15) is 0 Å². The van der Waals surface area contributed by atoms with E-state index in [1.807, 2.05) is 14.1 Å². The van der Waals surface area contributed by atoms with E-state index >= 15 is 0 Å². The van der Waals surface area contributed by atoms with Crippen LogP contribution < -0.4 is 0 Å². The third-order valence-corrected chi connectivity index (χ3v) is 0.268. The highest BCUT2D eigenvalue weighted by molar-refractivity contribution is 4.13. The molecule has 0 atom stereocenters. The lowest BCUT2D eigenvalue weighted by atomic mass is 11.2. The van der Waals surface area contributed by atoms with Crippen molar-refractivity contribution in [2.24, 2.45) is 10.3 Å². The maximum Gasteiger partial charge on any atom is 0.0509 e. The third-order valence-electron chi connectivity index (χ3n) is 0.268. The smallest absolute Gasteiger partial charge is 0.0509 e. The van der Waals surface area contributed by atoms with Gasteiger partial charge in [-0.25, -0.2) is 0 Å². The molecular weight excluding hydrogens is 78.1 g/mol. The van der Waals surface area contributed by atoms with Crippen LogP contribution in [0, 0.1) is 0 Å². The molecular formula is C3H9N3. The predicted octanol–water partition coefficient (Wildman–Crippen LogP) is 0.545. The largest absolute Gasteiger partial charge is 0.285 e. The minimum Gasteiger partial charge on any atom is -0.285 e. The summed E-state index contributed by atoms with van der Waals surface area (Å²) in [5, 5.41) is 8.71. The SMILES string of the molecule is CN=NN(C)C. The van der Waals surface area contributed by atoms with E-state index < -0.39 is 0 Å². The molecule has 0 bridgehead atoms. The molecule has 0 heterocycles. The molecule has 3 heteroatoms. The highest BCUT2D eigenvalue weighted by Crippen LogP contribution is 1.71. The van der Waals surface area contributed by atoms with E-state index in [0.29, 0.717) is 0 Å². The molecule has 0 saturated heterocycles. The first-order valence-electron chi connectivity index (χ1n) is 1.74. The first kappa shape index (κ1) is 5.40. The summed E-state index contributed by atoms with van der Waals surface area (Å²) in [7, 11) is 5.29. The van der Waals surface area contributed by atoms with E-state index in [2.05, 4.69) is 10.3 Å². The van der Waals surface area contributed by atoms with Gasteiger partial charge in [0.15, 0.2) is 0 Å². The molecule has 0 N–H and O–H groups in total. The van der Waals surface area contributed by atoms with Gasteiger partial charge in [-0.1, -0.05) is 5.22 Å². The molecule has 0 saturated carbocycles. The molecule has 36 valence electrons. The lowest BCUT2D eigenvalue weighted by Gasteiger charge is -1.96. The van der Waals surface area contributed by atoms with Gasteiger partial charge in [-0.3, -0.25) is 5.01 Å². The Morgan fingerprint density at radius 1 is 1.33 bits per heavy atom. The van der Waals surface area contributed by atoms with Crippen LogP contribution in [0.1, 0.15) is 0 Å². The van der Waals surface area contributed by atoms with Crippen molar-refractivity contribution in [1.29, 1.82) is 0 Å². The van der Waals surface area contributed by atoms with Crippen LogP contribution in [0.4, 0.5) is 0 Å². The highest BCUT2D eigenvalue weighted by Gasteiger charge is 1.68. The zero-order valence-electron chi connectivity index (χ0n) is 4.34. The van der Waals surface area contributed by atoms with Gasteiger partial charge in [-0.2, -0.15) is 5.11 Å². The highest BCUT2D eigenvalue weighted by atomic mass is 15.5. The molecule has 0 radical (unpaired) electrons. The fourth-order valence-corrected chi connectivity index (χ4v) is 0.179. The van der Waals surface area contributed by atoms with Crippen molar-refractivity contribution in [1.82, 2.24) is 5.01 Å². The molecule has 3 nitrogen and oxygen atoms in total. The van der Waals surface area contributed by atoms with Gasteiger partial charge in [0, 0.05) is 14.1 Å². The van der Waals surface area contributed by atoms with E-state index in [1.54, 1.807) is 12.1 Å². The Morgan fingerprint density at radius 3 is 1.83 bits per heavy atom. The molecule has 0 unspecified atom stereocenters. The van der Waals surface area contributed by atoms with Crippen LogP contribution in [0.3, 0.4) is 0 Å². The van der Waals surface area contributed by atoms with Crippen molar-refractivity contribution in [3.63, 3.8) is 0 Å². The van der Waals surface area contributed by atoms with Crippen LogP contribution in [-0.4, -0.2) is 26.2 Å². The quantitative estimate of drug-likeness (QED) is 0.339. The lowest BCUT2D eigenvalue weighted by Crippen LogP contribution is -1.98. The maximum absolute atomic E-state index is 3.58. The Bertz CT molecular complexity index is 48.0. The van der Waals surface area contributed by atoms with E-state index in [4.69, 9.17) is 0 Å². The normalized spacial score (nSPS) is 9.83. The van der Waals surface area contributed by atoms with Crippen molar-refractivity contribution in [2.75, 3.05) is 21.1 Å². The molecule has 0 rings (SSSR count).